The minimum Gasteiger partial charge on any atom is -0.161 e. The molecule has 0 amide bonds. The van der Waals surface area contributed by atoms with Crippen LogP contribution in [-0.2, 0) is 4.75 Å². The Morgan fingerprint density at radius 2 is 1.44 bits per heavy atom. The third-order valence-electron chi connectivity index (χ3n) is 4.52. The zero-order valence-electron chi connectivity index (χ0n) is 16.7. The third kappa shape index (κ3) is 7.68. The first-order chi connectivity index (χ1) is 13.3. The van der Waals surface area contributed by atoms with Crippen molar-refractivity contribution in [3.8, 4) is 11.8 Å². The molecule has 0 spiro atoms. The Balaban J connectivity index is 2.22. The lowest BCUT2D eigenvalue weighted by atomic mass is 9.92. The van der Waals surface area contributed by atoms with Gasteiger partial charge in [0.15, 0.2) is 0 Å². The molecule has 0 aliphatic rings. The van der Waals surface area contributed by atoms with Crippen molar-refractivity contribution in [1.29, 1.82) is 0 Å². The highest BCUT2D eigenvalue weighted by atomic mass is 32.2. The molecule has 0 fully saturated rings. The van der Waals surface area contributed by atoms with E-state index in [0.717, 1.165) is 17.7 Å². The van der Waals surface area contributed by atoms with E-state index < -0.39 is 0 Å². The second kappa shape index (κ2) is 13.0. The normalized spacial score (nSPS) is 12.8. The largest absolute Gasteiger partial charge is 0.161 e. The van der Waals surface area contributed by atoms with Gasteiger partial charge in [0.05, 0.1) is 0 Å². The predicted octanol–water partition coefficient (Wildman–Crippen LogP) is 7.39. The van der Waals surface area contributed by atoms with Crippen LogP contribution in [0.2, 0.25) is 0 Å². The van der Waals surface area contributed by atoms with Gasteiger partial charge in [-0.15, -0.1) is 11.8 Å². The van der Waals surface area contributed by atoms with Gasteiger partial charge in [-0.1, -0.05) is 93.5 Å². The van der Waals surface area contributed by atoms with Crippen molar-refractivity contribution in [1.82, 2.24) is 0 Å². The van der Waals surface area contributed by atoms with E-state index in [2.05, 4.69) is 98.1 Å². The van der Waals surface area contributed by atoms with E-state index in [-0.39, 0.29) is 4.75 Å². The Labute approximate surface area is 174 Å². The predicted molar refractivity (Wildman–Crippen MR) is 126 cm³/mol. The Bertz CT molecular complexity index is 685. The summed E-state index contributed by atoms with van der Waals surface area (Å²) in [7, 11) is 0. The van der Waals surface area contributed by atoms with Gasteiger partial charge < -0.3 is 0 Å². The molecule has 0 nitrogen and oxygen atoms in total. The lowest BCUT2D eigenvalue weighted by Crippen LogP contribution is -2.21. The molecule has 2 rings (SSSR count). The summed E-state index contributed by atoms with van der Waals surface area (Å²) >= 11 is 4.13. The molecule has 27 heavy (non-hydrogen) atoms. The zero-order valence-corrected chi connectivity index (χ0v) is 18.4. The molecule has 0 saturated heterocycles. The van der Waals surface area contributed by atoms with Crippen LogP contribution < -0.4 is 0 Å². The molecule has 0 aliphatic heterocycles. The zero-order chi connectivity index (χ0) is 19.2. The number of rotatable bonds is 11. The standard InChI is InChI=1S/C25H32S2/c1-3-5-18-25(24-15-11-8-12-16-24,27-22-21-26-20-6-4-2)19-17-23-13-9-7-10-14-23/h7-16H,3-6,18,20-22H2,1-2H3. The average Bonchev–Trinajstić information content (AvgIpc) is 2.73. The van der Waals surface area contributed by atoms with Crippen LogP contribution in [0.3, 0.4) is 0 Å². The van der Waals surface area contributed by atoms with E-state index in [1.165, 1.54) is 42.8 Å². The van der Waals surface area contributed by atoms with Gasteiger partial charge in [-0.3, -0.25) is 0 Å². The quantitative estimate of drug-likeness (QED) is 0.287. The molecule has 0 aromatic heterocycles. The van der Waals surface area contributed by atoms with Gasteiger partial charge >= 0.3 is 0 Å². The third-order valence-corrected chi connectivity index (χ3v) is 7.29. The molecule has 0 heterocycles. The van der Waals surface area contributed by atoms with Crippen LogP contribution in [-0.4, -0.2) is 17.3 Å². The van der Waals surface area contributed by atoms with Crippen LogP contribution in [0.4, 0.5) is 0 Å². The van der Waals surface area contributed by atoms with Gasteiger partial charge in [0.1, 0.15) is 4.75 Å². The molecule has 144 valence electrons. The Morgan fingerprint density at radius 1 is 0.778 bits per heavy atom. The van der Waals surface area contributed by atoms with E-state index in [1.54, 1.807) is 0 Å². The van der Waals surface area contributed by atoms with E-state index in [1.807, 2.05) is 11.8 Å². The van der Waals surface area contributed by atoms with Crippen molar-refractivity contribution in [3.63, 3.8) is 0 Å². The molecule has 0 saturated carbocycles. The molecule has 2 aromatic rings. The summed E-state index contributed by atoms with van der Waals surface area (Å²) in [5, 5.41) is 0. The molecular weight excluding hydrogens is 364 g/mol. The van der Waals surface area contributed by atoms with Gasteiger partial charge in [0.25, 0.3) is 0 Å². The maximum atomic E-state index is 3.71. The van der Waals surface area contributed by atoms with Crippen LogP contribution in [0.25, 0.3) is 0 Å². The summed E-state index contributed by atoms with van der Waals surface area (Å²) in [5.41, 5.74) is 2.46. The molecule has 1 unspecified atom stereocenters. The number of benzene rings is 2. The van der Waals surface area contributed by atoms with E-state index >= 15 is 0 Å². The maximum absolute atomic E-state index is 3.71. The second-order valence-electron chi connectivity index (χ2n) is 6.73. The van der Waals surface area contributed by atoms with Crippen LogP contribution in [0, 0.1) is 11.8 Å². The smallest absolute Gasteiger partial charge is 0.102 e. The monoisotopic (exact) mass is 396 g/mol. The first-order valence-corrected chi connectivity index (χ1v) is 12.3. The summed E-state index contributed by atoms with van der Waals surface area (Å²) in [5.74, 6) is 10.8. The van der Waals surface area contributed by atoms with Crippen molar-refractivity contribution in [3.05, 3.63) is 71.8 Å². The Morgan fingerprint density at radius 3 is 2.11 bits per heavy atom. The lowest BCUT2D eigenvalue weighted by molar-refractivity contribution is 0.638. The van der Waals surface area contributed by atoms with Gasteiger partial charge in [-0.2, -0.15) is 11.8 Å². The fourth-order valence-electron chi connectivity index (χ4n) is 2.92. The van der Waals surface area contributed by atoms with Crippen LogP contribution in [0.15, 0.2) is 60.7 Å². The summed E-state index contributed by atoms with van der Waals surface area (Å²) < 4.78 is -0.113. The van der Waals surface area contributed by atoms with Gasteiger partial charge in [0.2, 0.25) is 0 Å². The second-order valence-corrected chi connectivity index (χ2v) is 9.35. The van der Waals surface area contributed by atoms with Gasteiger partial charge in [-0.25, -0.2) is 0 Å². The van der Waals surface area contributed by atoms with Crippen molar-refractivity contribution < 1.29 is 0 Å². The van der Waals surface area contributed by atoms with Crippen molar-refractivity contribution in [2.24, 2.45) is 0 Å². The summed E-state index contributed by atoms with van der Waals surface area (Å²) in [4.78, 5) is 0. The number of thioether (sulfide) groups is 2. The number of unbranched alkanes of at least 4 members (excludes halogenated alkanes) is 2. The summed E-state index contributed by atoms with van der Waals surface area (Å²) in [6.07, 6.45) is 6.12. The summed E-state index contributed by atoms with van der Waals surface area (Å²) in [6.45, 7) is 4.53. The van der Waals surface area contributed by atoms with E-state index in [9.17, 15) is 0 Å². The average molecular weight is 397 g/mol. The fraction of sp³-hybridized carbons (Fsp3) is 0.440. The molecule has 0 bridgehead atoms. The first-order valence-electron chi connectivity index (χ1n) is 10.2. The lowest BCUT2D eigenvalue weighted by Gasteiger charge is -2.29. The fourth-order valence-corrected chi connectivity index (χ4v) is 5.49. The van der Waals surface area contributed by atoms with Crippen LogP contribution >= 0.6 is 23.5 Å². The molecule has 1 atom stereocenters. The van der Waals surface area contributed by atoms with E-state index in [0.29, 0.717) is 0 Å². The van der Waals surface area contributed by atoms with Crippen molar-refractivity contribution in [2.75, 3.05) is 17.3 Å². The first kappa shape index (κ1) is 22.0. The van der Waals surface area contributed by atoms with Crippen molar-refractivity contribution in [2.45, 2.75) is 50.7 Å². The topological polar surface area (TPSA) is 0 Å². The maximum Gasteiger partial charge on any atom is 0.102 e. The molecule has 0 aliphatic carbocycles. The SMILES string of the molecule is CCCCSCCSC(C#Cc1ccccc1)(CCCC)c1ccccc1. The minimum absolute atomic E-state index is 0.113. The van der Waals surface area contributed by atoms with E-state index in [4.69, 9.17) is 0 Å². The molecule has 0 N–H and O–H groups in total. The minimum atomic E-state index is -0.113. The Hall–Kier alpha value is -1.30. The van der Waals surface area contributed by atoms with Crippen LogP contribution in [0.5, 0.6) is 0 Å². The highest BCUT2D eigenvalue weighted by Crippen LogP contribution is 2.41. The molecule has 2 aromatic carbocycles. The highest BCUT2D eigenvalue weighted by molar-refractivity contribution is 8.03. The summed E-state index contributed by atoms with van der Waals surface area (Å²) in [6, 6.07) is 21.3. The number of hydrogen-bond acceptors (Lipinski definition) is 2. The molecule has 2 heteroatoms. The van der Waals surface area contributed by atoms with Crippen molar-refractivity contribution >= 4 is 23.5 Å². The van der Waals surface area contributed by atoms with Crippen LogP contribution in [0.1, 0.15) is 57.1 Å². The molecular formula is C25H32S2. The Kier molecular flexibility index (Phi) is 10.6. The highest BCUT2D eigenvalue weighted by Gasteiger charge is 2.30. The molecule has 0 radical (unpaired) electrons. The number of hydrogen-bond donors (Lipinski definition) is 0. The van der Waals surface area contributed by atoms with Gasteiger partial charge in [0, 0.05) is 17.1 Å². The van der Waals surface area contributed by atoms with Gasteiger partial charge in [-0.05, 0) is 36.3 Å².